The second-order valence-electron chi connectivity index (χ2n) is 5.36. The Morgan fingerprint density at radius 1 is 0.880 bits per heavy atom. The molecule has 0 radical (unpaired) electrons. The van der Waals surface area contributed by atoms with Crippen molar-refractivity contribution >= 4 is 22.6 Å². The summed E-state index contributed by atoms with van der Waals surface area (Å²) in [6.07, 6.45) is 0. The van der Waals surface area contributed by atoms with Gasteiger partial charge in [0, 0.05) is 5.56 Å². The number of hydrogen-bond acceptors (Lipinski definition) is 4. The minimum Gasteiger partial charge on any atom is -0.507 e. The molecule has 0 bridgehead atoms. The highest BCUT2D eigenvalue weighted by molar-refractivity contribution is 6.03. The normalized spacial score (nSPS) is 10.3. The third kappa shape index (κ3) is 3.53. The van der Waals surface area contributed by atoms with Gasteiger partial charge in [-0.15, -0.1) is 0 Å². The summed E-state index contributed by atoms with van der Waals surface area (Å²) in [6, 6.07) is 17.0. The number of nitrogens with one attached hydrogen (secondary N) is 2. The summed E-state index contributed by atoms with van der Waals surface area (Å²) in [6.45, 7) is 0. The number of aromatic hydroxyl groups is 1. The zero-order valence-corrected chi connectivity index (χ0v) is 13.4. The van der Waals surface area contributed by atoms with Crippen LogP contribution in [0.1, 0.15) is 20.7 Å². The zero-order valence-electron chi connectivity index (χ0n) is 13.4. The quantitative estimate of drug-likeness (QED) is 0.642. The van der Waals surface area contributed by atoms with E-state index >= 15 is 0 Å². The molecule has 0 aliphatic heterocycles. The second kappa shape index (κ2) is 6.92. The van der Waals surface area contributed by atoms with E-state index in [4.69, 9.17) is 4.74 Å². The van der Waals surface area contributed by atoms with E-state index in [9.17, 15) is 14.7 Å². The number of ether oxygens (including phenoxy) is 1. The maximum Gasteiger partial charge on any atom is 0.273 e. The number of benzene rings is 3. The van der Waals surface area contributed by atoms with E-state index in [1.165, 1.54) is 13.2 Å². The average molecular weight is 336 g/mol. The SMILES string of the molecule is COc1cccc(C(=O)NNC(=O)c2cc3ccccc3cc2O)c1. The minimum absolute atomic E-state index is 0.0737. The molecule has 3 aromatic carbocycles. The van der Waals surface area contributed by atoms with E-state index in [0.29, 0.717) is 11.3 Å². The Balaban J connectivity index is 1.74. The van der Waals surface area contributed by atoms with E-state index in [1.807, 2.05) is 24.3 Å². The van der Waals surface area contributed by atoms with Gasteiger partial charge in [0.25, 0.3) is 11.8 Å². The third-order valence-corrected chi connectivity index (χ3v) is 3.73. The summed E-state index contributed by atoms with van der Waals surface area (Å²) >= 11 is 0. The van der Waals surface area contributed by atoms with Crippen LogP contribution >= 0.6 is 0 Å². The summed E-state index contributed by atoms with van der Waals surface area (Å²) in [7, 11) is 1.50. The predicted molar refractivity (Wildman–Crippen MR) is 93.5 cm³/mol. The van der Waals surface area contributed by atoms with Crippen LogP contribution < -0.4 is 15.6 Å². The number of rotatable bonds is 3. The average Bonchev–Trinajstić information content (AvgIpc) is 2.65. The van der Waals surface area contributed by atoms with Gasteiger partial charge in [-0.3, -0.25) is 20.4 Å². The molecular weight excluding hydrogens is 320 g/mol. The molecule has 0 aliphatic rings. The van der Waals surface area contributed by atoms with E-state index in [0.717, 1.165) is 10.8 Å². The van der Waals surface area contributed by atoms with Crippen molar-refractivity contribution in [3.05, 3.63) is 71.8 Å². The van der Waals surface area contributed by atoms with Gasteiger partial charge in [-0.1, -0.05) is 30.3 Å². The summed E-state index contributed by atoms with van der Waals surface area (Å²) in [5.41, 5.74) is 5.03. The van der Waals surface area contributed by atoms with Crippen LogP contribution in [0.2, 0.25) is 0 Å². The Hall–Kier alpha value is -3.54. The van der Waals surface area contributed by atoms with E-state index in [-0.39, 0.29) is 11.3 Å². The molecule has 0 heterocycles. The Morgan fingerprint density at radius 2 is 1.56 bits per heavy atom. The summed E-state index contributed by atoms with van der Waals surface area (Å²) in [5, 5.41) is 11.7. The third-order valence-electron chi connectivity index (χ3n) is 3.73. The van der Waals surface area contributed by atoms with Gasteiger partial charge in [0.15, 0.2) is 0 Å². The lowest BCUT2D eigenvalue weighted by atomic mass is 10.1. The summed E-state index contributed by atoms with van der Waals surface area (Å²) in [4.78, 5) is 24.4. The van der Waals surface area contributed by atoms with Crippen molar-refractivity contribution in [2.75, 3.05) is 7.11 Å². The van der Waals surface area contributed by atoms with Crippen LogP contribution in [0.4, 0.5) is 0 Å². The van der Waals surface area contributed by atoms with Gasteiger partial charge in [0.05, 0.1) is 12.7 Å². The van der Waals surface area contributed by atoms with Crippen molar-refractivity contribution in [1.29, 1.82) is 0 Å². The summed E-state index contributed by atoms with van der Waals surface area (Å²) < 4.78 is 5.06. The van der Waals surface area contributed by atoms with Crippen molar-refractivity contribution < 1.29 is 19.4 Å². The molecule has 0 atom stereocenters. The van der Waals surface area contributed by atoms with Crippen molar-refractivity contribution in [2.24, 2.45) is 0 Å². The zero-order chi connectivity index (χ0) is 17.8. The molecule has 3 rings (SSSR count). The Bertz CT molecular complexity index is 953. The molecule has 126 valence electrons. The molecule has 6 nitrogen and oxygen atoms in total. The van der Waals surface area contributed by atoms with E-state index in [2.05, 4.69) is 10.9 Å². The van der Waals surface area contributed by atoms with Crippen molar-refractivity contribution in [1.82, 2.24) is 10.9 Å². The van der Waals surface area contributed by atoms with Crippen molar-refractivity contribution in [3.63, 3.8) is 0 Å². The number of hydrazine groups is 1. The Morgan fingerprint density at radius 3 is 2.28 bits per heavy atom. The molecule has 3 N–H and O–H groups in total. The lowest BCUT2D eigenvalue weighted by Crippen LogP contribution is -2.41. The molecule has 0 unspecified atom stereocenters. The largest absolute Gasteiger partial charge is 0.507 e. The number of hydrogen-bond donors (Lipinski definition) is 3. The maximum atomic E-state index is 12.3. The Kier molecular flexibility index (Phi) is 4.52. The fourth-order valence-electron chi connectivity index (χ4n) is 2.43. The molecule has 0 fully saturated rings. The molecule has 2 amide bonds. The first-order valence-electron chi connectivity index (χ1n) is 7.55. The van der Waals surface area contributed by atoms with Crippen LogP contribution in [0.15, 0.2) is 60.7 Å². The van der Waals surface area contributed by atoms with Gasteiger partial charge in [-0.2, -0.15) is 0 Å². The highest BCUT2D eigenvalue weighted by Gasteiger charge is 2.14. The first-order chi connectivity index (χ1) is 12.1. The van der Waals surface area contributed by atoms with Gasteiger partial charge < -0.3 is 9.84 Å². The van der Waals surface area contributed by atoms with Crippen LogP contribution in [0.3, 0.4) is 0 Å². The fraction of sp³-hybridized carbons (Fsp3) is 0.0526. The highest BCUT2D eigenvalue weighted by atomic mass is 16.5. The molecule has 0 saturated heterocycles. The number of methoxy groups -OCH3 is 1. The standard InChI is InChI=1S/C19H16N2O4/c1-25-15-8-4-7-14(9-15)18(23)20-21-19(24)16-10-12-5-2-3-6-13(12)11-17(16)22/h2-11,22H,1H3,(H,20,23)(H,21,24). The molecule has 0 spiro atoms. The molecule has 0 aliphatic carbocycles. The van der Waals surface area contributed by atoms with Crippen molar-refractivity contribution in [2.45, 2.75) is 0 Å². The number of fused-ring (bicyclic) bond motifs is 1. The van der Waals surface area contributed by atoms with Crippen LogP contribution in [0, 0.1) is 0 Å². The van der Waals surface area contributed by atoms with Gasteiger partial charge >= 0.3 is 0 Å². The number of phenolic OH excluding ortho intramolecular Hbond substituents is 1. The van der Waals surface area contributed by atoms with Gasteiger partial charge in [0.1, 0.15) is 11.5 Å². The van der Waals surface area contributed by atoms with Crippen LogP contribution in [-0.2, 0) is 0 Å². The molecule has 3 aromatic rings. The van der Waals surface area contributed by atoms with E-state index in [1.54, 1.807) is 30.3 Å². The Labute approximate surface area is 144 Å². The van der Waals surface area contributed by atoms with Crippen LogP contribution in [0.5, 0.6) is 11.5 Å². The highest BCUT2D eigenvalue weighted by Crippen LogP contribution is 2.24. The number of phenols is 1. The minimum atomic E-state index is -0.612. The van der Waals surface area contributed by atoms with Crippen LogP contribution in [0.25, 0.3) is 10.8 Å². The van der Waals surface area contributed by atoms with Crippen LogP contribution in [-0.4, -0.2) is 24.0 Å². The topological polar surface area (TPSA) is 87.7 Å². The lowest BCUT2D eigenvalue weighted by molar-refractivity contribution is 0.0845. The fourth-order valence-corrected chi connectivity index (χ4v) is 2.43. The smallest absolute Gasteiger partial charge is 0.273 e. The predicted octanol–water partition coefficient (Wildman–Crippen LogP) is 2.63. The second-order valence-corrected chi connectivity index (χ2v) is 5.36. The maximum absolute atomic E-state index is 12.3. The first-order valence-corrected chi connectivity index (χ1v) is 7.55. The summed E-state index contributed by atoms with van der Waals surface area (Å²) in [5.74, 6) is -0.731. The monoisotopic (exact) mass is 336 g/mol. The molecule has 0 aromatic heterocycles. The molecule has 6 heteroatoms. The van der Waals surface area contributed by atoms with Gasteiger partial charge in [0.2, 0.25) is 0 Å². The molecular formula is C19H16N2O4. The molecule has 25 heavy (non-hydrogen) atoms. The lowest BCUT2D eigenvalue weighted by Gasteiger charge is -2.10. The number of carbonyl (C=O) groups is 2. The number of amides is 2. The first kappa shape index (κ1) is 16.3. The van der Waals surface area contributed by atoms with Gasteiger partial charge in [-0.25, -0.2) is 0 Å². The van der Waals surface area contributed by atoms with Crippen molar-refractivity contribution in [3.8, 4) is 11.5 Å². The van der Waals surface area contributed by atoms with E-state index < -0.39 is 11.8 Å². The van der Waals surface area contributed by atoms with Gasteiger partial charge in [-0.05, 0) is 41.1 Å². The number of carbonyl (C=O) groups excluding carboxylic acids is 2. The molecule has 0 saturated carbocycles.